The quantitative estimate of drug-likeness (QED) is 0.274. The highest BCUT2D eigenvalue weighted by molar-refractivity contribution is 7.14. The van der Waals surface area contributed by atoms with Crippen molar-refractivity contribution in [2.45, 2.75) is 47.0 Å². The second-order valence-corrected chi connectivity index (χ2v) is 9.41. The van der Waals surface area contributed by atoms with Crippen LogP contribution in [0.25, 0.3) is 6.08 Å². The van der Waals surface area contributed by atoms with Gasteiger partial charge in [0.25, 0.3) is 0 Å². The van der Waals surface area contributed by atoms with Crippen molar-refractivity contribution in [1.82, 2.24) is 0 Å². The Morgan fingerprint density at radius 2 is 1.74 bits per heavy atom. The van der Waals surface area contributed by atoms with E-state index in [1.807, 2.05) is 31.2 Å². The number of Topliss-reactive ketones (excluding diaryl/α,β-unsaturated/α-hetero) is 1. The van der Waals surface area contributed by atoms with Crippen LogP contribution in [0.3, 0.4) is 0 Å². The third kappa shape index (κ3) is 5.98. The number of esters is 2. The van der Waals surface area contributed by atoms with E-state index >= 15 is 0 Å². The van der Waals surface area contributed by atoms with Gasteiger partial charge in [0.2, 0.25) is 0 Å². The van der Waals surface area contributed by atoms with Crippen LogP contribution in [0.4, 0.5) is 5.69 Å². The number of ketones is 1. The summed E-state index contributed by atoms with van der Waals surface area (Å²) in [6.45, 7) is 9.46. The number of nitrogens with zero attached hydrogens (tertiary/aromatic N) is 2. The Balaban J connectivity index is 1.89. The molecular formula is C27H30N2O5S. The maximum absolute atomic E-state index is 13.1. The van der Waals surface area contributed by atoms with Gasteiger partial charge in [0.15, 0.2) is 5.78 Å². The van der Waals surface area contributed by atoms with Gasteiger partial charge in [-0.1, -0.05) is 6.07 Å². The minimum Gasteiger partial charge on any atom is -0.462 e. The molecule has 1 aromatic carbocycles. The first-order valence-corrected chi connectivity index (χ1v) is 12.6. The number of hydrogen-bond donors (Lipinski definition) is 0. The molecule has 0 unspecified atom stereocenters. The number of nitriles is 1. The van der Waals surface area contributed by atoms with E-state index in [0.29, 0.717) is 10.4 Å². The smallest absolute Gasteiger partial charge is 0.348 e. The summed E-state index contributed by atoms with van der Waals surface area (Å²) in [6, 6.07) is 7.90. The Bertz CT molecular complexity index is 1200. The number of anilines is 1. The molecule has 1 aliphatic heterocycles. The maximum Gasteiger partial charge on any atom is 0.348 e. The zero-order valence-electron chi connectivity index (χ0n) is 20.6. The van der Waals surface area contributed by atoms with Crippen LogP contribution in [0.5, 0.6) is 0 Å². The van der Waals surface area contributed by atoms with E-state index in [9.17, 15) is 19.6 Å². The summed E-state index contributed by atoms with van der Waals surface area (Å²) in [5, 5.41) is 9.70. The number of ether oxygens (including phenoxy) is 2. The predicted molar refractivity (Wildman–Crippen MR) is 136 cm³/mol. The minimum absolute atomic E-state index is 0.0168. The van der Waals surface area contributed by atoms with Crippen molar-refractivity contribution in [3.05, 3.63) is 55.8 Å². The molecule has 0 bridgehead atoms. The van der Waals surface area contributed by atoms with Crippen molar-refractivity contribution in [3.8, 4) is 6.07 Å². The second kappa shape index (κ2) is 11.8. The fraction of sp³-hybridized carbons (Fsp3) is 0.407. The number of rotatable bonds is 9. The first-order valence-electron chi connectivity index (χ1n) is 11.8. The number of thiophene rings is 1. The Kier molecular flexibility index (Phi) is 8.83. The van der Waals surface area contributed by atoms with Gasteiger partial charge in [-0.05, 0) is 75.4 Å². The third-order valence-electron chi connectivity index (χ3n) is 5.88. The molecule has 1 aromatic heterocycles. The number of carbonyl (C=O) groups excluding carboxylic acids is 3. The number of hydrogen-bond acceptors (Lipinski definition) is 8. The Morgan fingerprint density at radius 3 is 2.34 bits per heavy atom. The molecule has 0 radical (unpaired) electrons. The molecule has 0 aliphatic carbocycles. The Morgan fingerprint density at radius 1 is 1.09 bits per heavy atom. The molecule has 3 rings (SSSR count). The Hall–Kier alpha value is -3.44. The Labute approximate surface area is 210 Å². The molecule has 0 saturated carbocycles. The van der Waals surface area contributed by atoms with Gasteiger partial charge in [-0.3, -0.25) is 4.79 Å². The van der Waals surface area contributed by atoms with Gasteiger partial charge in [-0.2, -0.15) is 5.26 Å². The fourth-order valence-electron chi connectivity index (χ4n) is 4.22. The highest BCUT2D eigenvalue weighted by Gasteiger charge is 2.28. The van der Waals surface area contributed by atoms with E-state index in [1.54, 1.807) is 26.8 Å². The molecule has 1 aliphatic rings. The monoisotopic (exact) mass is 494 g/mol. The van der Waals surface area contributed by atoms with Gasteiger partial charge in [0, 0.05) is 30.1 Å². The fourth-order valence-corrected chi connectivity index (χ4v) is 5.41. The van der Waals surface area contributed by atoms with Crippen LogP contribution in [0, 0.1) is 25.2 Å². The van der Waals surface area contributed by atoms with Crippen LogP contribution >= 0.6 is 11.3 Å². The molecule has 0 spiro atoms. The molecule has 2 heterocycles. The van der Waals surface area contributed by atoms with Crippen molar-refractivity contribution < 1.29 is 23.9 Å². The molecule has 0 N–H and O–H groups in total. The minimum atomic E-state index is -0.602. The summed E-state index contributed by atoms with van der Waals surface area (Å²) in [4.78, 5) is 41.1. The molecule has 8 heteroatoms. The molecule has 7 nitrogen and oxygen atoms in total. The topological polar surface area (TPSA) is 96.7 Å². The maximum atomic E-state index is 13.1. The lowest BCUT2D eigenvalue weighted by Gasteiger charge is -2.20. The van der Waals surface area contributed by atoms with Crippen molar-refractivity contribution in [1.29, 1.82) is 5.26 Å². The van der Waals surface area contributed by atoms with Crippen LogP contribution in [-0.2, 0) is 20.7 Å². The summed E-state index contributed by atoms with van der Waals surface area (Å²) in [6.07, 6.45) is 3.74. The van der Waals surface area contributed by atoms with E-state index < -0.39 is 17.7 Å². The third-order valence-corrected chi connectivity index (χ3v) is 7.15. The first-order chi connectivity index (χ1) is 16.8. The number of allylic oxidation sites excluding steroid dienone is 1. The van der Waals surface area contributed by atoms with Crippen molar-refractivity contribution >= 4 is 40.8 Å². The van der Waals surface area contributed by atoms with Gasteiger partial charge in [-0.25, -0.2) is 9.59 Å². The largest absolute Gasteiger partial charge is 0.462 e. The van der Waals surface area contributed by atoms with Crippen LogP contribution < -0.4 is 4.90 Å². The summed E-state index contributed by atoms with van der Waals surface area (Å²) in [5.74, 6) is -1.59. The molecule has 0 atom stereocenters. The molecule has 1 saturated heterocycles. The summed E-state index contributed by atoms with van der Waals surface area (Å²) >= 11 is 1.03. The number of carbonyl (C=O) groups is 3. The van der Waals surface area contributed by atoms with Crippen LogP contribution in [0.15, 0.2) is 23.8 Å². The van der Waals surface area contributed by atoms with Crippen LogP contribution in [0.2, 0.25) is 0 Å². The molecule has 0 amide bonds. The standard InChI is InChI=1S/C27H30N2O5S/c1-5-33-26(31)24-18(4)25(27(32)34-6-2)35-23(24)15-22(30)20(16-28)14-19-9-10-21(17(3)13-19)29-11-7-8-12-29/h9-10,13-14H,5-8,11-12,15H2,1-4H3/b20-14-. The van der Waals surface area contributed by atoms with Gasteiger partial charge >= 0.3 is 11.9 Å². The number of benzene rings is 1. The van der Waals surface area contributed by atoms with Gasteiger partial charge in [0.05, 0.1) is 24.4 Å². The zero-order chi connectivity index (χ0) is 25.5. The highest BCUT2D eigenvalue weighted by Crippen LogP contribution is 2.31. The first kappa shape index (κ1) is 26.2. The van der Waals surface area contributed by atoms with E-state index in [1.165, 1.54) is 18.5 Å². The normalized spacial score (nSPS) is 13.5. The summed E-state index contributed by atoms with van der Waals surface area (Å²) in [7, 11) is 0. The SMILES string of the molecule is CCOC(=O)c1sc(CC(=O)/C(C#N)=C\c2ccc(N3CCCC3)c(C)c2)c(C(=O)OCC)c1C. The molecule has 184 valence electrons. The van der Waals surface area contributed by atoms with Crippen molar-refractivity contribution in [2.24, 2.45) is 0 Å². The molecule has 35 heavy (non-hydrogen) atoms. The predicted octanol–water partition coefficient (Wildman–Crippen LogP) is 5.04. The van der Waals surface area contributed by atoms with Gasteiger partial charge in [0.1, 0.15) is 10.9 Å². The summed E-state index contributed by atoms with van der Waals surface area (Å²) in [5.41, 5.74) is 3.61. The molecule has 1 fully saturated rings. The lowest BCUT2D eigenvalue weighted by atomic mass is 10.0. The van der Waals surface area contributed by atoms with E-state index in [2.05, 4.69) is 4.90 Å². The van der Waals surface area contributed by atoms with E-state index in [4.69, 9.17) is 9.47 Å². The zero-order valence-corrected chi connectivity index (χ0v) is 21.4. The average Bonchev–Trinajstić information content (AvgIpc) is 3.46. The van der Waals surface area contributed by atoms with Gasteiger partial charge in [-0.15, -0.1) is 11.3 Å². The lowest BCUT2D eigenvalue weighted by Crippen LogP contribution is -2.18. The van der Waals surface area contributed by atoms with E-state index in [-0.39, 0.29) is 35.6 Å². The van der Waals surface area contributed by atoms with Crippen molar-refractivity contribution in [3.63, 3.8) is 0 Å². The molecule has 2 aromatic rings. The highest BCUT2D eigenvalue weighted by atomic mass is 32.1. The second-order valence-electron chi connectivity index (χ2n) is 8.31. The van der Waals surface area contributed by atoms with E-state index in [0.717, 1.165) is 35.6 Å². The lowest BCUT2D eigenvalue weighted by molar-refractivity contribution is -0.114. The molecular weight excluding hydrogens is 464 g/mol. The summed E-state index contributed by atoms with van der Waals surface area (Å²) < 4.78 is 10.2. The number of aryl methyl sites for hydroxylation is 1. The van der Waals surface area contributed by atoms with Gasteiger partial charge < -0.3 is 14.4 Å². The van der Waals surface area contributed by atoms with Crippen molar-refractivity contribution in [2.75, 3.05) is 31.2 Å². The van der Waals surface area contributed by atoms with Crippen LogP contribution in [-0.4, -0.2) is 44.0 Å². The van der Waals surface area contributed by atoms with Crippen LogP contribution in [0.1, 0.15) is 68.3 Å². The average molecular weight is 495 g/mol.